The molecule has 178 valence electrons. The standard InChI is InChI=1S/C25H27N3O5S/c1-2-31-19-23-18-28(27-26-23)17-22-10-5-6-11-25(22)34(29,30)33-15-7-14-32-24-13-12-20-8-3-4-9-21(20)16-24/h3-6,8-13,16,18H,2,7,14-15,17,19H2,1H3. The second-order valence-corrected chi connectivity index (χ2v) is 9.22. The minimum atomic E-state index is -3.93. The van der Waals surface area contributed by atoms with E-state index in [1.54, 1.807) is 29.1 Å². The average molecular weight is 482 g/mol. The average Bonchev–Trinajstić information content (AvgIpc) is 3.29. The molecule has 0 amide bonds. The Bertz CT molecular complexity index is 1340. The van der Waals surface area contributed by atoms with Crippen LogP contribution in [0.25, 0.3) is 10.8 Å². The summed E-state index contributed by atoms with van der Waals surface area (Å²) in [7, 11) is -3.93. The van der Waals surface area contributed by atoms with Gasteiger partial charge >= 0.3 is 0 Å². The Morgan fingerprint density at radius 3 is 2.59 bits per heavy atom. The van der Waals surface area contributed by atoms with Crippen molar-refractivity contribution in [1.29, 1.82) is 0 Å². The summed E-state index contributed by atoms with van der Waals surface area (Å²) in [5.74, 6) is 0.739. The lowest BCUT2D eigenvalue weighted by atomic mass is 10.1. The molecule has 0 aliphatic heterocycles. The fourth-order valence-electron chi connectivity index (χ4n) is 3.48. The van der Waals surface area contributed by atoms with E-state index in [0.717, 1.165) is 16.5 Å². The molecule has 8 nitrogen and oxygen atoms in total. The molecule has 0 radical (unpaired) electrons. The maximum Gasteiger partial charge on any atom is 0.297 e. The highest BCUT2D eigenvalue weighted by Gasteiger charge is 2.19. The molecular weight excluding hydrogens is 454 g/mol. The predicted molar refractivity (Wildman–Crippen MR) is 128 cm³/mol. The lowest BCUT2D eigenvalue weighted by molar-refractivity contribution is 0.131. The molecule has 3 aromatic carbocycles. The molecule has 9 heteroatoms. The van der Waals surface area contributed by atoms with Gasteiger partial charge in [-0.3, -0.25) is 4.18 Å². The Morgan fingerprint density at radius 1 is 0.941 bits per heavy atom. The molecule has 0 spiro atoms. The van der Waals surface area contributed by atoms with Crippen molar-refractivity contribution in [1.82, 2.24) is 15.0 Å². The number of benzene rings is 3. The van der Waals surface area contributed by atoms with Gasteiger partial charge in [-0.15, -0.1) is 5.10 Å². The van der Waals surface area contributed by atoms with Gasteiger partial charge in [-0.1, -0.05) is 53.7 Å². The summed E-state index contributed by atoms with van der Waals surface area (Å²) in [5.41, 5.74) is 1.26. The highest BCUT2D eigenvalue weighted by atomic mass is 32.2. The third kappa shape index (κ3) is 6.19. The van der Waals surface area contributed by atoms with Gasteiger partial charge in [-0.05, 0) is 41.5 Å². The molecule has 0 saturated heterocycles. The molecule has 4 rings (SSSR count). The van der Waals surface area contributed by atoms with Crippen molar-refractivity contribution < 1.29 is 22.1 Å². The maximum absolute atomic E-state index is 12.8. The molecule has 0 aliphatic rings. The first-order chi connectivity index (χ1) is 16.5. The topological polar surface area (TPSA) is 92.5 Å². The number of nitrogens with zero attached hydrogens (tertiary/aromatic N) is 3. The van der Waals surface area contributed by atoms with Crippen LogP contribution >= 0.6 is 0 Å². The molecule has 0 atom stereocenters. The van der Waals surface area contributed by atoms with E-state index in [4.69, 9.17) is 13.7 Å². The van der Waals surface area contributed by atoms with Gasteiger partial charge in [0.25, 0.3) is 10.1 Å². The maximum atomic E-state index is 12.8. The van der Waals surface area contributed by atoms with Gasteiger partial charge in [0.1, 0.15) is 11.4 Å². The quantitative estimate of drug-likeness (QED) is 0.221. The minimum Gasteiger partial charge on any atom is -0.493 e. The van der Waals surface area contributed by atoms with Crippen molar-refractivity contribution in [2.75, 3.05) is 19.8 Å². The molecule has 1 heterocycles. The molecule has 34 heavy (non-hydrogen) atoms. The number of fused-ring (bicyclic) bond motifs is 1. The minimum absolute atomic E-state index is 0.0199. The smallest absolute Gasteiger partial charge is 0.297 e. The van der Waals surface area contributed by atoms with Gasteiger partial charge in [-0.25, -0.2) is 4.68 Å². The van der Waals surface area contributed by atoms with Crippen LogP contribution in [-0.4, -0.2) is 43.2 Å². The zero-order valence-electron chi connectivity index (χ0n) is 19.0. The lowest BCUT2D eigenvalue weighted by Gasteiger charge is -2.11. The molecule has 4 aromatic rings. The molecule has 0 aliphatic carbocycles. The normalized spacial score (nSPS) is 11.7. The molecule has 0 unspecified atom stereocenters. The van der Waals surface area contributed by atoms with Crippen molar-refractivity contribution in [2.45, 2.75) is 31.4 Å². The van der Waals surface area contributed by atoms with Crippen molar-refractivity contribution in [3.8, 4) is 5.75 Å². The summed E-state index contributed by atoms with van der Waals surface area (Å²) in [6.07, 6.45) is 2.17. The molecule has 0 saturated carbocycles. The Labute approximate surface area is 199 Å². The second kappa shape index (κ2) is 11.2. The van der Waals surface area contributed by atoms with Crippen molar-refractivity contribution in [3.63, 3.8) is 0 Å². The largest absolute Gasteiger partial charge is 0.493 e. The van der Waals surface area contributed by atoms with E-state index in [2.05, 4.69) is 10.3 Å². The van der Waals surface area contributed by atoms with Crippen LogP contribution in [0.15, 0.2) is 77.8 Å². The fraction of sp³-hybridized carbons (Fsp3) is 0.280. The zero-order valence-corrected chi connectivity index (χ0v) is 19.8. The number of ether oxygens (including phenoxy) is 2. The fourth-order valence-corrected chi connectivity index (χ4v) is 4.64. The molecule has 0 bridgehead atoms. The Kier molecular flexibility index (Phi) is 7.89. The van der Waals surface area contributed by atoms with Crippen molar-refractivity contribution >= 4 is 20.9 Å². The summed E-state index contributed by atoms with van der Waals surface area (Å²) in [5, 5.41) is 10.3. The van der Waals surface area contributed by atoms with Gasteiger partial charge in [0.15, 0.2) is 0 Å². The monoisotopic (exact) mass is 481 g/mol. The Morgan fingerprint density at radius 2 is 1.74 bits per heavy atom. The predicted octanol–water partition coefficient (Wildman–Crippen LogP) is 4.19. The zero-order chi connectivity index (χ0) is 23.8. The van der Waals surface area contributed by atoms with Crippen LogP contribution in [0.2, 0.25) is 0 Å². The van der Waals surface area contributed by atoms with Crippen LogP contribution < -0.4 is 4.74 Å². The molecule has 1 aromatic heterocycles. The number of hydrogen-bond acceptors (Lipinski definition) is 7. The van der Waals surface area contributed by atoms with Gasteiger partial charge < -0.3 is 9.47 Å². The van der Waals surface area contributed by atoms with Crippen LogP contribution in [0.1, 0.15) is 24.6 Å². The SMILES string of the molecule is CCOCc1cn(Cc2ccccc2S(=O)(=O)OCCCOc2ccc3ccccc3c2)nn1. The first-order valence-electron chi connectivity index (χ1n) is 11.1. The van der Waals surface area contributed by atoms with Gasteiger partial charge in [0.05, 0.1) is 37.5 Å². The highest BCUT2D eigenvalue weighted by Crippen LogP contribution is 2.21. The van der Waals surface area contributed by atoms with Gasteiger partial charge in [0.2, 0.25) is 0 Å². The van der Waals surface area contributed by atoms with E-state index in [1.807, 2.05) is 49.4 Å². The molecule has 0 fully saturated rings. The highest BCUT2D eigenvalue weighted by molar-refractivity contribution is 7.86. The van der Waals surface area contributed by atoms with Crippen LogP contribution in [0.3, 0.4) is 0 Å². The van der Waals surface area contributed by atoms with Crippen LogP contribution in [0.4, 0.5) is 0 Å². The second-order valence-electron chi connectivity index (χ2n) is 7.64. The first kappa shape index (κ1) is 23.9. The van der Waals surface area contributed by atoms with Gasteiger partial charge in [-0.2, -0.15) is 8.42 Å². The van der Waals surface area contributed by atoms with Crippen LogP contribution in [0.5, 0.6) is 5.75 Å². The summed E-state index contributed by atoms with van der Waals surface area (Å²) in [6, 6.07) is 20.6. The summed E-state index contributed by atoms with van der Waals surface area (Å²) in [6.45, 7) is 3.46. The van der Waals surface area contributed by atoms with Crippen molar-refractivity contribution in [2.24, 2.45) is 0 Å². The van der Waals surface area contributed by atoms with E-state index < -0.39 is 10.1 Å². The van der Waals surface area contributed by atoms with Crippen LogP contribution in [0, 0.1) is 0 Å². The van der Waals surface area contributed by atoms with E-state index in [9.17, 15) is 8.42 Å². The third-order valence-electron chi connectivity index (χ3n) is 5.13. The summed E-state index contributed by atoms with van der Waals surface area (Å²) < 4.78 is 43.6. The summed E-state index contributed by atoms with van der Waals surface area (Å²) >= 11 is 0. The number of hydrogen-bond donors (Lipinski definition) is 0. The van der Waals surface area contributed by atoms with E-state index in [1.165, 1.54) is 6.07 Å². The van der Waals surface area contributed by atoms with E-state index >= 15 is 0 Å². The van der Waals surface area contributed by atoms with Crippen LogP contribution in [-0.2, 0) is 32.2 Å². The number of rotatable bonds is 12. The first-order valence-corrected chi connectivity index (χ1v) is 12.5. The lowest BCUT2D eigenvalue weighted by Crippen LogP contribution is -2.13. The number of aromatic nitrogens is 3. The summed E-state index contributed by atoms with van der Waals surface area (Å²) in [4.78, 5) is 0.118. The van der Waals surface area contributed by atoms with E-state index in [0.29, 0.717) is 37.5 Å². The molecule has 0 N–H and O–H groups in total. The van der Waals surface area contributed by atoms with Crippen molar-refractivity contribution in [3.05, 3.63) is 84.2 Å². The third-order valence-corrected chi connectivity index (χ3v) is 6.55. The van der Waals surface area contributed by atoms with Gasteiger partial charge in [0, 0.05) is 13.0 Å². The van der Waals surface area contributed by atoms with E-state index in [-0.39, 0.29) is 18.0 Å². The molecular formula is C25H27N3O5S. The Hall–Kier alpha value is -3.27. The Balaban J connectivity index is 1.31.